The Balaban J connectivity index is 0.00000180. The normalized spacial score (nSPS) is 17.5. The molecule has 0 aromatic carbocycles. The van der Waals surface area contributed by atoms with Crippen LogP contribution >= 0.6 is 0 Å². The van der Waals surface area contributed by atoms with Crippen LogP contribution < -0.4 is 44.7 Å². The third-order valence-electron chi connectivity index (χ3n) is 2.39. The highest BCUT2D eigenvalue weighted by molar-refractivity contribution is 5.83. The molecule has 1 aliphatic rings. The molecule has 2 heterocycles. The lowest BCUT2D eigenvalue weighted by atomic mass is 10.3. The van der Waals surface area contributed by atoms with Gasteiger partial charge in [0.15, 0.2) is 12.4 Å². The number of guanidine groups is 1. The van der Waals surface area contributed by atoms with Gasteiger partial charge in [0.05, 0.1) is 12.6 Å². The van der Waals surface area contributed by atoms with Crippen molar-refractivity contribution in [2.24, 2.45) is 4.99 Å². The van der Waals surface area contributed by atoms with Gasteiger partial charge < -0.3 is 34.4 Å². The molecule has 1 unspecified atom stereocenters. The highest BCUT2D eigenvalue weighted by atomic mass is 127. The zero-order valence-corrected chi connectivity index (χ0v) is 12.4. The van der Waals surface area contributed by atoms with Gasteiger partial charge in [0.2, 0.25) is 12.5 Å². The van der Waals surface area contributed by atoms with Gasteiger partial charge in [-0.2, -0.15) is 4.57 Å². The van der Waals surface area contributed by atoms with E-state index in [4.69, 9.17) is 0 Å². The topological polar surface area (TPSA) is 89.6 Å². The van der Waals surface area contributed by atoms with Crippen molar-refractivity contribution in [3.8, 4) is 0 Å². The number of hydrogen-bond donors (Lipinski definition) is 4. The summed E-state index contributed by atoms with van der Waals surface area (Å²) in [5.41, 5.74) is 5.21. The maximum atomic E-state index is 11.6. The standard InChI is InChI=1S/C11H15N5O2.HI/c17-9-6-12-11(13-7-9)15-14-10(18)8-16-4-2-1-3-5-16;/h1-5,9,17H,6-8H2,(H2-,12,13,14,15,18);1H. The van der Waals surface area contributed by atoms with Crippen LogP contribution in [0, 0.1) is 0 Å². The van der Waals surface area contributed by atoms with E-state index in [1.807, 2.05) is 30.6 Å². The Morgan fingerprint density at radius 2 is 2.21 bits per heavy atom. The molecule has 0 fully saturated rings. The lowest BCUT2D eigenvalue weighted by Gasteiger charge is -2.19. The van der Waals surface area contributed by atoms with Crippen LogP contribution in [0.4, 0.5) is 0 Å². The van der Waals surface area contributed by atoms with Crippen molar-refractivity contribution >= 4 is 11.9 Å². The Hall–Kier alpha value is -1.42. The minimum Gasteiger partial charge on any atom is -1.00 e. The van der Waals surface area contributed by atoms with Crippen LogP contribution in [0.2, 0.25) is 0 Å². The first-order chi connectivity index (χ1) is 8.74. The third-order valence-corrected chi connectivity index (χ3v) is 2.39. The fraction of sp³-hybridized carbons (Fsp3) is 0.364. The summed E-state index contributed by atoms with van der Waals surface area (Å²) in [6.45, 7) is 0.984. The second-order valence-corrected chi connectivity index (χ2v) is 3.95. The average molecular weight is 377 g/mol. The Morgan fingerprint density at radius 3 is 2.84 bits per heavy atom. The lowest BCUT2D eigenvalue weighted by molar-refractivity contribution is -0.684. The molecule has 2 rings (SSSR count). The zero-order valence-electron chi connectivity index (χ0n) is 10.2. The lowest BCUT2D eigenvalue weighted by Crippen LogP contribution is -3.00. The van der Waals surface area contributed by atoms with Crippen LogP contribution in [0.5, 0.6) is 0 Å². The van der Waals surface area contributed by atoms with E-state index in [0.29, 0.717) is 19.0 Å². The van der Waals surface area contributed by atoms with Gasteiger partial charge in [-0.3, -0.25) is 15.6 Å². The quantitative estimate of drug-likeness (QED) is 0.236. The maximum absolute atomic E-state index is 11.6. The number of aliphatic hydroxyl groups is 1. The number of carbonyl (C=O) groups is 1. The fourth-order valence-electron chi connectivity index (χ4n) is 1.49. The largest absolute Gasteiger partial charge is 1.00 e. The minimum atomic E-state index is -0.467. The van der Waals surface area contributed by atoms with E-state index in [9.17, 15) is 9.90 Å². The number of rotatable bonds is 2. The van der Waals surface area contributed by atoms with E-state index in [0.717, 1.165) is 0 Å². The molecular formula is C11H16IN5O2. The summed E-state index contributed by atoms with van der Waals surface area (Å²) in [6.07, 6.45) is 3.16. The van der Waals surface area contributed by atoms with E-state index in [-0.39, 0.29) is 36.4 Å². The summed E-state index contributed by atoms with van der Waals surface area (Å²) in [5, 5.41) is 12.1. The Morgan fingerprint density at radius 1 is 1.47 bits per heavy atom. The first kappa shape index (κ1) is 15.6. The molecule has 0 saturated heterocycles. The second kappa shape index (κ2) is 7.89. The number of aliphatic imine (C=N–C) groups is 1. The molecule has 0 radical (unpaired) electrons. The monoisotopic (exact) mass is 377 g/mol. The van der Waals surface area contributed by atoms with Crippen molar-refractivity contribution in [2.75, 3.05) is 13.1 Å². The number of amides is 1. The number of aliphatic hydroxyl groups excluding tert-OH is 1. The van der Waals surface area contributed by atoms with Gasteiger partial charge >= 0.3 is 5.91 Å². The summed E-state index contributed by atoms with van der Waals surface area (Å²) in [4.78, 5) is 15.6. The van der Waals surface area contributed by atoms with Gasteiger partial charge in [0.1, 0.15) is 0 Å². The number of β-amino-alcohol motifs (C(OH)–C–C–N with tert-alkyl or cyclic N) is 1. The van der Waals surface area contributed by atoms with Crippen molar-refractivity contribution < 1.29 is 38.4 Å². The summed E-state index contributed by atoms with van der Waals surface area (Å²) in [7, 11) is 0. The zero-order chi connectivity index (χ0) is 12.8. The summed E-state index contributed by atoms with van der Waals surface area (Å²) < 4.78 is 1.76. The molecule has 0 bridgehead atoms. The van der Waals surface area contributed by atoms with Crippen LogP contribution in [-0.2, 0) is 11.3 Å². The number of halogens is 1. The molecule has 104 valence electrons. The molecule has 1 aromatic rings. The number of carbonyl (C=O) groups excluding carboxylic acids is 1. The molecule has 1 aromatic heterocycles. The van der Waals surface area contributed by atoms with Crippen molar-refractivity contribution in [1.29, 1.82) is 0 Å². The third kappa shape index (κ3) is 5.39. The van der Waals surface area contributed by atoms with Crippen LogP contribution in [-0.4, -0.2) is 36.2 Å². The van der Waals surface area contributed by atoms with Crippen LogP contribution in [0.1, 0.15) is 0 Å². The average Bonchev–Trinajstić information content (AvgIpc) is 2.39. The molecular weight excluding hydrogens is 361 g/mol. The molecule has 4 N–H and O–H groups in total. The first-order valence-corrected chi connectivity index (χ1v) is 5.69. The van der Waals surface area contributed by atoms with Gasteiger partial charge in [0, 0.05) is 18.7 Å². The molecule has 0 saturated carbocycles. The molecule has 1 atom stereocenters. The van der Waals surface area contributed by atoms with Crippen LogP contribution in [0.3, 0.4) is 0 Å². The van der Waals surface area contributed by atoms with Gasteiger partial charge in [-0.15, -0.1) is 0 Å². The van der Waals surface area contributed by atoms with Crippen molar-refractivity contribution in [2.45, 2.75) is 12.6 Å². The molecule has 1 amide bonds. The van der Waals surface area contributed by atoms with E-state index >= 15 is 0 Å². The number of nitrogens with one attached hydrogen (secondary N) is 3. The summed E-state index contributed by atoms with van der Waals surface area (Å²) in [6, 6.07) is 5.60. The highest BCUT2D eigenvalue weighted by Crippen LogP contribution is 1.88. The molecule has 8 heteroatoms. The molecule has 0 spiro atoms. The van der Waals surface area contributed by atoms with Crippen molar-refractivity contribution in [3.63, 3.8) is 0 Å². The smallest absolute Gasteiger partial charge is 0.304 e. The van der Waals surface area contributed by atoms with E-state index < -0.39 is 6.10 Å². The van der Waals surface area contributed by atoms with Gasteiger partial charge in [-0.05, 0) is 0 Å². The molecule has 7 nitrogen and oxygen atoms in total. The molecule has 19 heavy (non-hydrogen) atoms. The summed E-state index contributed by atoms with van der Waals surface area (Å²) in [5.74, 6) is 0.286. The highest BCUT2D eigenvalue weighted by Gasteiger charge is 2.13. The predicted molar refractivity (Wildman–Crippen MR) is 64.2 cm³/mol. The minimum absolute atomic E-state index is 0. The molecule has 1 aliphatic heterocycles. The first-order valence-electron chi connectivity index (χ1n) is 5.69. The van der Waals surface area contributed by atoms with Crippen LogP contribution in [0.25, 0.3) is 0 Å². The van der Waals surface area contributed by atoms with Gasteiger partial charge in [-0.25, -0.2) is 4.99 Å². The predicted octanol–water partition coefficient (Wildman–Crippen LogP) is -5.08. The number of hydrazine groups is 1. The number of hydrogen-bond acceptors (Lipinski definition) is 5. The second-order valence-electron chi connectivity index (χ2n) is 3.95. The number of nitrogens with zero attached hydrogens (tertiary/aromatic N) is 2. The Labute approximate surface area is 128 Å². The Bertz CT molecular complexity index is 440. The Kier molecular flexibility index (Phi) is 6.50. The van der Waals surface area contributed by atoms with Gasteiger partial charge in [-0.1, -0.05) is 6.07 Å². The van der Waals surface area contributed by atoms with Gasteiger partial charge in [0.25, 0.3) is 0 Å². The van der Waals surface area contributed by atoms with Crippen molar-refractivity contribution in [3.05, 3.63) is 30.6 Å². The van der Waals surface area contributed by atoms with E-state index in [1.54, 1.807) is 4.57 Å². The fourth-order valence-corrected chi connectivity index (χ4v) is 1.49. The number of aromatic nitrogens is 1. The van der Waals surface area contributed by atoms with E-state index in [2.05, 4.69) is 21.2 Å². The van der Waals surface area contributed by atoms with E-state index in [1.165, 1.54) is 0 Å². The molecule has 0 aliphatic carbocycles. The van der Waals surface area contributed by atoms with Crippen LogP contribution in [0.15, 0.2) is 35.6 Å². The summed E-state index contributed by atoms with van der Waals surface area (Å²) >= 11 is 0. The maximum Gasteiger partial charge on any atom is 0.304 e. The number of pyridine rings is 1. The van der Waals surface area contributed by atoms with Crippen molar-refractivity contribution in [1.82, 2.24) is 16.2 Å². The SMILES string of the molecule is O=C(C[n+]1ccccc1)NNC1=NCC(O)CN1.[I-].